The van der Waals surface area contributed by atoms with E-state index >= 15 is 0 Å². The molecule has 152 valence electrons. The first kappa shape index (κ1) is 20.1. The molecule has 0 spiro atoms. The van der Waals surface area contributed by atoms with Gasteiger partial charge in [0.15, 0.2) is 17.3 Å². The number of methoxy groups -OCH3 is 4. The van der Waals surface area contributed by atoms with Crippen LogP contribution in [-0.2, 0) is 4.79 Å². The third kappa shape index (κ3) is 3.69. The summed E-state index contributed by atoms with van der Waals surface area (Å²) in [6, 6.07) is 8.04. The van der Waals surface area contributed by atoms with Gasteiger partial charge in [-0.05, 0) is 18.2 Å². The molecule has 3 rings (SSSR count). The molecule has 8 heteroatoms. The number of esters is 1. The lowest BCUT2D eigenvalue weighted by Crippen LogP contribution is -2.14. The van der Waals surface area contributed by atoms with Crippen molar-refractivity contribution in [2.24, 2.45) is 0 Å². The molecule has 0 atom stereocenters. The number of hydrogen-bond donors (Lipinski definition) is 0. The van der Waals surface area contributed by atoms with Crippen molar-refractivity contribution in [1.29, 1.82) is 0 Å². The molecule has 1 aromatic heterocycles. The Hall–Kier alpha value is -3.68. The van der Waals surface area contributed by atoms with Crippen molar-refractivity contribution in [2.45, 2.75) is 6.92 Å². The normalized spacial score (nSPS) is 10.5. The van der Waals surface area contributed by atoms with Gasteiger partial charge in [0.1, 0.15) is 22.5 Å². The maximum atomic E-state index is 13.2. The molecule has 0 saturated heterocycles. The van der Waals surface area contributed by atoms with Crippen LogP contribution >= 0.6 is 0 Å². The maximum Gasteiger partial charge on any atom is 0.308 e. The Balaban J connectivity index is 2.38. The van der Waals surface area contributed by atoms with E-state index in [9.17, 15) is 9.59 Å². The summed E-state index contributed by atoms with van der Waals surface area (Å²) in [7, 11) is 5.90. The van der Waals surface area contributed by atoms with E-state index in [0.29, 0.717) is 22.8 Å². The molecular formula is C21H20O8. The molecule has 0 saturated carbocycles. The molecule has 0 unspecified atom stereocenters. The Morgan fingerprint density at radius 1 is 0.862 bits per heavy atom. The Morgan fingerprint density at radius 2 is 1.55 bits per heavy atom. The van der Waals surface area contributed by atoms with Crippen molar-refractivity contribution >= 4 is 16.9 Å². The van der Waals surface area contributed by atoms with Crippen molar-refractivity contribution in [3.8, 4) is 40.1 Å². The third-order valence-electron chi connectivity index (χ3n) is 4.24. The van der Waals surface area contributed by atoms with E-state index in [1.807, 2.05) is 0 Å². The minimum absolute atomic E-state index is 0.0639. The number of hydrogen-bond acceptors (Lipinski definition) is 8. The number of fused-ring (bicyclic) bond motifs is 1. The van der Waals surface area contributed by atoms with Crippen molar-refractivity contribution in [3.05, 3.63) is 40.6 Å². The topological polar surface area (TPSA) is 93.4 Å². The average molecular weight is 400 g/mol. The van der Waals surface area contributed by atoms with Gasteiger partial charge in [-0.15, -0.1) is 0 Å². The Bertz CT molecular complexity index is 1130. The summed E-state index contributed by atoms with van der Waals surface area (Å²) >= 11 is 0. The van der Waals surface area contributed by atoms with Gasteiger partial charge in [-0.2, -0.15) is 0 Å². The molecule has 0 N–H and O–H groups in total. The van der Waals surface area contributed by atoms with E-state index in [1.54, 1.807) is 30.3 Å². The predicted molar refractivity (Wildman–Crippen MR) is 105 cm³/mol. The van der Waals surface area contributed by atoms with E-state index in [4.69, 9.17) is 28.1 Å². The summed E-state index contributed by atoms with van der Waals surface area (Å²) < 4.78 is 32.3. The second kappa shape index (κ2) is 8.14. The van der Waals surface area contributed by atoms with Crippen LogP contribution in [0.1, 0.15) is 6.92 Å². The first-order chi connectivity index (χ1) is 13.9. The molecule has 0 radical (unpaired) electrons. The molecule has 3 aromatic rings. The van der Waals surface area contributed by atoms with Crippen LogP contribution in [0.15, 0.2) is 39.5 Å². The summed E-state index contributed by atoms with van der Waals surface area (Å²) in [5.74, 6) is 0.748. The highest BCUT2D eigenvalue weighted by molar-refractivity contribution is 5.89. The van der Waals surface area contributed by atoms with Crippen molar-refractivity contribution in [2.75, 3.05) is 28.4 Å². The van der Waals surface area contributed by atoms with Gasteiger partial charge in [0, 0.05) is 24.6 Å². The number of ether oxygens (including phenoxy) is 5. The first-order valence-corrected chi connectivity index (χ1v) is 8.57. The highest BCUT2D eigenvalue weighted by atomic mass is 16.5. The smallest absolute Gasteiger partial charge is 0.308 e. The Labute approximate surface area is 166 Å². The lowest BCUT2D eigenvalue weighted by atomic mass is 10.1. The van der Waals surface area contributed by atoms with Crippen molar-refractivity contribution in [3.63, 3.8) is 0 Å². The summed E-state index contributed by atoms with van der Waals surface area (Å²) in [4.78, 5) is 24.9. The zero-order chi connectivity index (χ0) is 21.1. The van der Waals surface area contributed by atoms with Crippen LogP contribution in [0.25, 0.3) is 22.3 Å². The standard InChI is InChI=1S/C21H20O8/c1-11(22)28-21-19(23)18-16(27-5)9-13(24-2)10-17(18)29-20(21)12-6-7-14(25-3)15(8-12)26-4/h6-10H,1-5H3. The van der Waals surface area contributed by atoms with Crippen LogP contribution in [0.2, 0.25) is 0 Å². The second-order valence-corrected chi connectivity index (χ2v) is 5.96. The van der Waals surface area contributed by atoms with Gasteiger partial charge < -0.3 is 28.1 Å². The average Bonchev–Trinajstić information content (AvgIpc) is 2.73. The molecule has 0 fully saturated rings. The van der Waals surface area contributed by atoms with E-state index in [1.165, 1.54) is 35.4 Å². The van der Waals surface area contributed by atoms with Crippen LogP contribution in [-0.4, -0.2) is 34.4 Å². The number of benzene rings is 2. The van der Waals surface area contributed by atoms with Gasteiger partial charge >= 0.3 is 5.97 Å². The monoisotopic (exact) mass is 400 g/mol. The molecule has 8 nitrogen and oxygen atoms in total. The van der Waals surface area contributed by atoms with Gasteiger partial charge in [0.2, 0.25) is 11.2 Å². The highest BCUT2D eigenvalue weighted by Crippen LogP contribution is 2.39. The largest absolute Gasteiger partial charge is 0.496 e. The van der Waals surface area contributed by atoms with Crippen molar-refractivity contribution in [1.82, 2.24) is 0 Å². The molecule has 2 aromatic carbocycles. The minimum atomic E-state index is -0.661. The fourth-order valence-corrected chi connectivity index (χ4v) is 2.93. The van der Waals surface area contributed by atoms with E-state index in [0.717, 1.165) is 0 Å². The van der Waals surface area contributed by atoms with Gasteiger partial charge in [-0.1, -0.05) is 0 Å². The third-order valence-corrected chi connectivity index (χ3v) is 4.24. The molecule has 1 heterocycles. The molecule has 0 aliphatic carbocycles. The molecular weight excluding hydrogens is 380 g/mol. The fourth-order valence-electron chi connectivity index (χ4n) is 2.93. The molecule has 0 aliphatic rings. The zero-order valence-electron chi connectivity index (χ0n) is 16.7. The predicted octanol–water partition coefficient (Wildman–Crippen LogP) is 3.42. The van der Waals surface area contributed by atoms with Gasteiger partial charge in [0.25, 0.3) is 0 Å². The minimum Gasteiger partial charge on any atom is -0.496 e. The zero-order valence-corrected chi connectivity index (χ0v) is 16.7. The van der Waals surface area contributed by atoms with Crippen molar-refractivity contribution < 1.29 is 32.9 Å². The Morgan fingerprint density at radius 3 is 2.14 bits per heavy atom. The number of carbonyl (C=O) groups excluding carboxylic acids is 1. The van der Waals surface area contributed by atoms with Crippen LogP contribution in [0.4, 0.5) is 0 Å². The highest BCUT2D eigenvalue weighted by Gasteiger charge is 2.23. The fraction of sp³-hybridized carbons (Fsp3) is 0.238. The summed E-state index contributed by atoms with van der Waals surface area (Å²) in [5.41, 5.74) is 0.123. The summed E-state index contributed by atoms with van der Waals surface area (Å²) in [6.07, 6.45) is 0. The SMILES string of the molecule is COc1cc(OC)c2c(=O)c(OC(C)=O)c(-c3ccc(OC)c(OC)c3)oc2c1. The quantitative estimate of drug-likeness (QED) is 0.581. The summed E-state index contributed by atoms with van der Waals surface area (Å²) in [6.45, 7) is 1.20. The van der Waals surface area contributed by atoms with Gasteiger partial charge in [0.05, 0.1) is 28.4 Å². The molecule has 29 heavy (non-hydrogen) atoms. The van der Waals surface area contributed by atoms with E-state index in [-0.39, 0.29) is 28.2 Å². The van der Waals surface area contributed by atoms with Crippen LogP contribution in [0.5, 0.6) is 28.7 Å². The molecule has 0 bridgehead atoms. The van der Waals surface area contributed by atoms with E-state index < -0.39 is 11.4 Å². The van der Waals surface area contributed by atoms with Gasteiger partial charge in [-0.3, -0.25) is 9.59 Å². The number of rotatable bonds is 6. The van der Waals surface area contributed by atoms with E-state index in [2.05, 4.69) is 0 Å². The van der Waals surface area contributed by atoms with Crippen LogP contribution in [0, 0.1) is 0 Å². The molecule has 0 amide bonds. The maximum absolute atomic E-state index is 13.2. The second-order valence-electron chi connectivity index (χ2n) is 5.96. The lowest BCUT2D eigenvalue weighted by molar-refractivity contribution is -0.132. The van der Waals surface area contributed by atoms with Gasteiger partial charge in [-0.25, -0.2) is 0 Å². The summed E-state index contributed by atoms with van der Waals surface area (Å²) in [5, 5.41) is 0.133. The Kier molecular flexibility index (Phi) is 5.63. The first-order valence-electron chi connectivity index (χ1n) is 8.57. The van der Waals surface area contributed by atoms with Crippen LogP contribution in [0.3, 0.4) is 0 Å². The van der Waals surface area contributed by atoms with Crippen LogP contribution < -0.4 is 29.1 Å². The lowest BCUT2D eigenvalue weighted by Gasteiger charge is -2.14. The number of carbonyl (C=O) groups is 1. The molecule has 0 aliphatic heterocycles.